The Morgan fingerprint density at radius 2 is 1.65 bits per heavy atom. The van der Waals surface area contributed by atoms with Crippen molar-refractivity contribution in [1.82, 2.24) is 4.57 Å². The van der Waals surface area contributed by atoms with Crippen molar-refractivity contribution in [3.8, 4) is 5.69 Å². The lowest BCUT2D eigenvalue weighted by Gasteiger charge is -2.29. The van der Waals surface area contributed by atoms with Crippen LogP contribution >= 0.6 is 0 Å². The Balaban J connectivity index is 2.12. The zero-order valence-electron chi connectivity index (χ0n) is 14.1. The Morgan fingerprint density at radius 1 is 0.962 bits per heavy atom. The summed E-state index contributed by atoms with van der Waals surface area (Å²) in [5.41, 5.74) is 1.20. The molecule has 1 aromatic heterocycles. The van der Waals surface area contributed by atoms with Gasteiger partial charge in [-0.15, -0.1) is 0 Å². The van der Waals surface area contributed by atoms with E-state index in [-0.39, 0.29) is 16.8 Å². The highest BCUT2D eigenvalue weighted by Crippen LogP contribution is 2.39. The predicted molar refractivity (Wildman–Crippen MR) is 96.2 cm³/mol. The number of rotatable bonds is 3. The molecule has 1 aliphatic rings. The predicted octanol–water partition coefficient (Wildman–Crippen LogP) is 4.60. The maximum absolute atomic E-state index is 14.8. The van der Waals surface area contributed by atoms with Crippen molar-refractivity contribution in [3.63, 3.8) is 0 Å². The van der Waals surface area contributed by atoms with Crippen LogP contribution in [0.4, 0.5) is 14.5 Å². The molecule has 4 nitrogen and oxygen atoms in total. The molecule has 3 aromatic rings. The number of benzene rings is 2. The van der Waals surface area contributed by atoms with Gasteiger partial charge in [-0.1, -0.05) is 18.2 Å². The monoisotopic (exact) mass is 356 g/mol. The standard InChI is InChI=1S/C20H18F2N2O2/c21-14-9-10-15-16(17(14)22)18(23-11-5-2-6-12-23)19(20(25)26)24(15)13-7-3-1-4-8-13/h1,3-4,7-10H,2,5-6,11-12H2,(H,25,26). The third-order valence-corrected chi connectivity index (χ3v) is 4.89. The van der Waals surface area contributed by atoms with Crippen LogP contribution in [0.3, 0.4) is 0 Å². The van der Waals surface area contributed by atoms with Crippen molar-refractivity contribution in [1.29, 1.82) is 0 Å². The molecule has 2 aromatic carbocycles. The third kappa shape index (κ3) is 2.53. The van der Waals surface area contributed by atoms with Crippen LogP contribution in [-0.4, -0.2) is 28.7 Å². The zero-order valence-corrected chi connectivity index (χ0v) is 14.1. The molecule has 26 heavy (non-hydrogen) atoms. The molecule has 0 spiro atoms. The summed E-state index contributed by atoms with van der Waals surface area (Å²) in [5, 5.41) is 9.97. The van der Waals surface area contributed by atoms with Gasteiger partial charge in [-0.3, -0.25) is 0 Å². The van der Waals surface area contributed by atoms with E-state index in [9.17, 15) is 18.7 Å². The van der Waals surface area contributed by atoms with E-state index in [1.165, 1.54) is 10.6 Å². The molecule has 1 saturated heterocycles. The van der Waals surface area contributed by atoms with Gasteiger partial charge in [-0.25, -0.2) is 13.6 Å². The quantitative estimate of drug-likeness (QED) is 0.746. The third-order valence-electron chi connectivity index (χ3n) is 4.89. The SMILES string of the molecule is O=C(O)c1c(N2CCCCC2)c2c(F)c(F)ccc2n1-c1ccccc1. The molecule has 0 unspecified atom stereocenters. The van der Waals surface area contributed by atoms with Crippen molar-refractivity contribution in [3.05, 3.63) is 59.8 Å². The molecule has 0 atom stereocenters. The molecule has 134 valence electrons. The first-order valence-corrected chi connectivity index (χ1v) is 8.65. The molecule has 1 fully saturated rings. The van der Waals surface area contributed by atoms with Gasteiger partial charge in [0.25, 0.3) is 0 Å². The first kappa shape index (κ1) is 16.6. The van der Waals surface area contributed by atoms with Gasteiger partial charge in [-0.05, 0) is 43.5 Å². The fourth-order valence-electron chi connectivity index (χ4n) is 3.76. The van der Waals surface area contributed by atoms with E-state index in [4.69, 9.17) is 0 Å². The Kier molecular flexibility index (Phi) is 4.11. The molecule has 0 amide bonds. The lowest BCUT2D eigenvalue weighted by atomic mass is 10.1. The Labute approximate surface area is 149 Å². The lowest BCUT2D eigenvalue weighted by molar-refractivity contribution is 0.0689. The molecular weight excluding hydrogens is 338 g/mol. The Bertz CT molecular complexity index is 977. The summed E-state index contributed by atoms with van der Waals surface area (Å²) in [4.78, 5) is 14.0. The Hall–Kier alpha value is -2.89. The summed E-state index contributed by atoms with van der Waals surface area (Å²) in [5.74, 6) is -3.14. The number of halogens is 2. The van der Waals surface area contributed by atoms with Crippen LogP contribution in [0.15, 0.2) is 42.5 Å². The topological polar surface area (TPSA) is 45.5 Å². The summed E-state index contributed by atoms with van der Waals surface area (Å²) in [7, 11) is 0. The van der Waals surface area contributed by atoms with E-state index < -0.39 is 17.6 Å². The van der Waals surface area contributed by atoms with Gasteiger partial charge in [0, 0.05) is 18.8 Å². The van der Waals surface area contributed by atoms with Crippen LogP contribution in [0.1, 0.15) is 29.8 Å². The number of para-hydroxylation sites is 1. The molecule has 0 aliphatic carbocycles. The maximum Gasteiger partial charge on any atom is 0.355 e. The van der Waals surface area contributed by atoms with Crippen LogP contribution in [0.2, 0.25) is 0 Å². The number of aromatic nitrogens is 1. The number of fused-ring (bicyclic) bond motifs is 1. The van der Waals surface area contributed by atoms with E-state index in [0.717, 1.165) is 25.3 Å². The minimum absolute atomic E-state index is 0.0300. The van der Waals surface area contributed by atoms with Crippen LogP contribution in [0, 0.1) is 11.6 Å². The number of carboxylic acid groups (broad SMARTS) is 1. The van der Waals surface area contributed by atoms with Crippen LogP contribution in [-0.2, 0) is 0 Å². The molecular formula is C20H18F2N2O2. The largest absolute Gasteiger partial charge is 0.476 e. The second-order valence-electron chi connectivity index (χ2n) is 6.48. The molecule has 0 radical (unpaired) electrons. The van der Waals surface area contributed by atoms with E-state index in [1.807, 2.05) is 11.0 Å². The second kappa shape index (κ2) is 6.44. The van der Waals surface area contributed by atoms with Crippen molar-refractivity contribution < 1.29 is 18.7 Å². The first-order chi connectivity index (χ1) is 12.6. The van der Waals surface area contributed by atoms with Gasteiger partial charge in [0.05, 0.1) is 16.6 Å². The van der Waals surface area contributed by atoms with Gasteiger partial charge in [0.1, 0.15) is 0 Å². The smallest absolute Gasteiger partial charge is 0.355 e. The minimum Gasteiger partial charge on any atom is -0.476 e. The number of nitrogens with zero attached hydrogens (tertiary/aromatic N) is 2. The van der Waals surface area contributed by atoms with E-state index >= 15 is 0 Å². The molecule has 6 heteroatoms. The normalized spacial score (nSPS) is 14.8. The van der Waals surface area contributed by atoms with Gasteiger partial charge in [0.2, 0.25) is 0 Å². The fraction of sp³-hybridized carbons (Fsp3) is 0.250. The lowest BCUT2D eigenvalue weighted by Crippen LogP contribution is -2.31. The average Bonchev–Trinajstić information content (AvgIpc) is 3.02. The average molecular weight is 356 g/mol. The molecule has 0 saturated carbocycles. The van der Waals surface area contributed by atoms with E-state index in [1.54, 1.807) is 24.3 Å². The first-order valence-electron chi connectivity index (χ1n) is 8.65. The maximum atomic E-state index is 14.8. The molecule has 1 N–H and O–H groups in total. The summed E-state index contributed by atoms with van der Waals surface area (Å²) in [6.45, 7) is 1.26. The van der Waals surface area contributed by atoms with Crippen LogP contribution in [0.5, 0.6) is 0 Å². The number of carboxylic acids is 1. The highest BCUT2D eigenvalue weighted by atomic mass is 19.2. The minimum atomic E-state index is -1.16. The second-order valence-corrected chi connectivity index (χ2v) is 6.48. The fourth-order valence-corrected chi connectivity index (χ4v) is 3.76. The van der Waals surface area contributed by atoms with Crippen molar-refractivity contribution in [2.75, 3.05) is 18.0 Å². The summed E-state index contributed by atoms with van der Waals surface area (Å²) < 4.78 is 30.3. The number of carbonyl (C=O) groups is 1. The van der Waals surface area contributed by atoms with Crippen LogP contribution < -0.4 is 4.90 Å². The Morgan fingerprint density at radius 3 is 2.31 bits per heavy atom. The molecule has 4 rings (SSSR count). The zero-order chi connectivity index (χ0) is 18.3. The van der Waals surface area contributed by atoms with Gasteiger partial charge in [0.15, 0.2) is 17.3 Å². The summed E-state index contributed by atoms with van der Waals surface area (Å²) in [6, 6.07) is 11.4. The van der Waals surface area contributed by atoms with E-state index in [0.29, 0.717) is 24.3 Å². The molecule has 1 aliphatic heterocycles. The highest BCUT2D eigenvalue weighted by molar-refractivity contribution is 6.08. The number of aromatic carboxylic acids is 1. The number of anilines is 1. The molecule has 0 bridgehead atoms. The highest BCUT2D eigenvalue weighted by Gasteiger charge is 2.30. The van der Waals surface area contributed by atoms with Crippen molar-refractivity contribution in [2.24, 2.45) is 0 Å². The van der Waals surface area contributed by atoms with E-state index in [2.05, 4.69) is 0 Å². The van der Waals surface area contributed by atoms with Gasteiger partial charge < -0.3 is 14.6 Å². The summed E-state index contributed by atoms with van der Waals surface area (Å²) >= 11 is 0. The van der Waals surface area contributed by atoms with Gasteiger partial charge >= 0.3 is 5.97 Å². The van der Waals surface area contributed by atoms with Crippen LogP contribution in [0.25, 0.3) is 16.6 Å². The number of hydrogen-bond acceptors (Lipinski definition) is 2. The molecule has 2 heterocycles. The number of hydrogen-bond donors (Lipinski definition) is 1. The number of piperidine rings is 1. The summed E-state index contributed by atoms with van der Waals surface area (Å²) in [6.07, 6.45) is 2.84. The van der Waals surface area contributed by atoms with Crippen molar-refractivity contribution >= 4 is 22.6 Å². The van der Waals surface area contributed by atoms with Gasteiger partial charge in [-0.2, -0.15) is 0 Å². The van der Waals surface area contributed by atoms with Crippen molar-refractivity contribution in [2.45, 2.75) is 19.3 Å².